The summed E-state index contributed by atoms with van der Waals surface area (Å²) in [5, 5.41) is 12.6. The van der Waals surface area contributed by atoms with Gasteiger partial charge in [0.15, 0.2) is 11.5 Å². The van der Waals surface area contributed by atoms with Crippen LogP contribution in [0.1, 0.15) is 17.3 Å². The molecule has 17 heavy (non-hydrogen) atoms. The number of amides is 1. The maximum atomic E-state index is 11.9. The van der Waals surface area contributed by atoms with Gasteiger partial charge in [-0.05, 0) is 25.3 Å². The topological polar surface area (TPSA) is 58.6 Å². The van der Waals surface area contributed by atoms with Gasteiger partial charge in [0.25, 0.3) is 5.91 Å². The Balaban J connectivity index is 2.82. The summed E-state index contributed by atoms with van der Waals surface area (Å²) >= 11 is 1.66. The maximum absolute atomic E-state index is 11.9. The Morgan fingerprint density at radius 1 is 1.59 bits per heavy atom. The van der Waals surface area contributed by atoms with Gasteiger partial charge in [-0.1, -0.05) is 6.07 Å². The zero-order chi connectivity index (χ0) is 12.8. The molecular weight excluding hydrogens is 238 g/mol. The number of nitrogens with one attached hydrogen (secondary N) is 1. The highest BCUT2D eigenvalue weighted by molar-refractivity contribution is 7.98. The molecule has 0 heterocycles. The summed E-state index contributed by atoms with van der Waals surface area (Å²) < 4.78 is 4.95. The van der Waals surface area contributed by atoms with Crippen LogP contribution in [0, 0.1) is 0 Å². The molecule has 5 heteroatoms. The monoisotopic (exact) mass is 255 g/mol. The Bertz CT molecular complexity index is 395. The summed E-state index contributed by atoms with van der Waals surface area (Å²) in [6.07, 6.45) is 1.98. The lowest BCUT2D eigenvalue weighted by Crippen LogP contribution is -2.34. The van der Waals surface area contributed by atoms with E-state index in [4.69, 9.17) is 4.74 Å². The Morgan fingerprint density at radius 2 is 2.29 bits per heavy atom. The number of phenols is 1. The first kappa shape index (κ1) is 13.7. The molecule has 94 valence electrons. The molecule has 0 aliphatic rings. The summed E-state index contributed by atoms with van der Waals surface area (Å²) in [6, 6.07) is 4.91. The number of aromatic hydroxyl groups is 1. The lowest BCUT2D eigenvalue weighted by atomic mass is 10.1. The van der Waals surface area contributed by atoms with Crippen molar-refractivity contribution in [2.24, 2.45) is 0 Å². The molecule has 1 aromatic carbocycles. The summed E-state index contributed by atoms with van der Waals surface area (Å²) in [4.78, 5) is 11.9. The maximum Gasteiger partial charge on any atom is 0.255 e. The van der Waals surface area contributed by atoms with Gasteiger partial charge in [-0.25, -0.2) is 0 Å². The van der Waals surface area contributed by atoms with E-state index in [1.807, 2.05) is 13.2 Å². The summed E-state index contributed by atoms with van der Waals surface area (Å²) in [5.41, 5.74) is 0.234. The van der Waals surface area contributed by atoms with Crippen molar-refractivity contribution in [3.05, 3.63) is 23.8 Å². The minimum absolute atomic E-state index is 0.0584. The second-order valence-electron chi connectivity index (χ2n) is 3.69. The molecule has 1 amide bonds. The van der Waals surface area contributed by atoms with Crippen molar-refractivity contribution in [1.29, 1.82) is 0 Å². The predicted molar refractivity (Wildman–Crippen MR) is 70.0 cm³/mol. The van der Waals surface area contributed by atoms with Crippen molar-refractivity contribution in [3.8, 4) is 11.5 Å². The Morgan fingerprint density at radius 3 is 2.88 bits per heavy atom. The molecule has 1 rings (SSSR count). The van der Waals surface area contributed by atoms with E-state index in [9.17, 15) is 9.90 Å². The van der Waals surface area contributed by atoms with E-state index >= 15 is 0 Å². The van der Waals surface area contributed by atoms with Crippen LogP contribution >= 0.6 is 11.8 Å². The number of phenolic OH excluding ortho intramolecular Hbond substituents is 1. The van der Waals surface area contributed by atoms with Crippen LogP contribution in [0.15, 0.2) is 18.2 Å². The largest absolute Gasteiger partial charge is 0.504 e. The molecule has 0 aliphatic heterocycles. The molecule has 0 fully saturated rings. The first-order valence-corrected chi connectivity index (χ1v) is 6.65. The van der Waals surface area contributed by atoms with Gasteiger partial charge in [0.1, 0.15) is 0 Å². The minimum Gasteiger partial charge on any atom is -0.504 e. The van der Waals surface area contributed by atoms with Crippen molar-refractivity contribution in [1.82, 2.24) is 5.32 Å². The Hall–Kier alpha value is -1.36. The molecule has 1 atom stereocenters. The average Bonchev–Trinajstić information content (AvgIpc) is 2.29. The first-order chi connectivity index (χ1) is 8.10. The fourth-order valence-corrected chi connectivity index (χ4v) is 2.05. The van der Waals surface area contributed by atoms with Crippen molar-refractivity contribution < 1.29 is 14.6 Å². The van der Waals surface area contributed by atoms with Gasteiger partial charge < -0.3 is 15.2 Å². The van der Waals surface area contributed by atoms with Crippen LogP contribution in [0.2, 0.25) is 0 Å². The number of thioether (sulfide) groups is 1. The third kappa shape index (κ3) is 3.56. The van der Waals surface area contributed by atoms with Gasteiger partial charge in [0, 0.05) is 11.8 Å². The second kappa shape index (κ2) is 6.39. The third-order valence-corrected chi connectivity index (χ3v) is 3.09. The van der Waals surface area contributed by atoms with E-state index in [1.54, 1.807) is 30.0 Å². The van der Waals surface area contributed by atoms with Gasteiger partial charge >= 0.3 is 0 Å². The lowest BCUT2D eigenvalue weighted by Gasteiger charge is -2.14. The molecule has 2 N–H and O–H groups in total. The van der Waals surface area contributed by atoms with Crippen molar-refractivity contribution in [2.45, 2.75) is 13.0 Å². The number of carbonyl (C=O) groups is 1. The van der Waals surface area contributed by atoms with Crippen LogP contribution in [0.3, 0.4) is 0 Å². The molecule has 0 aliphatic carbocycles. The van der Waals surface area contributed by atoms with Gasteiger partial charge in [0.05, 0.1) is 12.7 Å². The number of para-hydroxylation sites is 1. The molecule has 0 spiro atoms. The standard InChI is InChI=1S/C12H17NO3S/c1-8(7-17-3)13-12(15)9-5-4-6-10(16-2)11(9)14/h4-6,8,14H,7H2,1-3H3,(H,13,15). The summed E-state index contributed by atoms with van der Waals surface area (Å²) in [7, 11) is 1.45. The number of rotatable bonds is 5. The van der Waals surface area contributed by atoms with Crippen molar-refractivity contribution in [2.75, 3.05) is 19.1 Å². The molecular formula is C12H17NO3S. The van der Waals surface area contributed by atoms with E-state index in [-0.39, 0.29) is 23.3 Å². The molecule has 1 unspecified atom stereocenters. The van der Waals surface area contributed by atoms with E-state index < -0.39 is 0 Å². The van der Waals surface area contributed by atoms with Gasteiger partial charge in [-0.2, -0.15) is 11.8 Å². The van der Waals surface area contributed by atoms with Crippen LogP contribution in [-0.4, -0.2) is 36.2 Å². The highest BCUT2D eigenvalue weighted by Gasteiger charge is 2.16. The van der Waals surface area contributed by atoms with E-state index in [0.29, 0.717) is 5.75 Å². The summed E-state index contributed by atoms with van der Waals surface area (Å²) in [6.45, 7) is 1.92. The fraction of sp³-hybridized carbons (Fsp3) is 0.417. The van der Waals surface area contributed by atoms with Crippen LogP contribution in [0.4, 0.5) is 0 Å². The SMILES string of the molecule is COc1cccc(C(=O)NC(C)CSC)c1O. The Labute approximate surface area is 105 Å². The molecule has 0 saturated carbocycles. The zero-order valence-corrected chi connectivity index (χ0v) is 11.0. The van der Waals surface area contributed by atoms with Crippen molar-refractivity contribution >= 4 is 17.7 Å². The highest BCUT2D eigenvalue weighted by atomic mass is 32.2. The number of benzene rings is 1. The van der Waals surface area contributed by atoms with Crippen LogP contribution in [0.5, 0.6) is 11.5 Å². The normalized spacial score (nSPS) is 11.9. The second-order valence-corrected chi connectivity index (χ2v) is 4.60. The molecule has 0 aromatic heterocycles. The van der Waals surface area contributed by atoms with E-state index in [1.165, 1.54) is 7.11 Å². The molecule has 0 bridgehead atoms. The van der Waals surface area contributed by atoms with E-state index in [0.717, 1.165) is 5.75 Å². The van der Waals surface area contributed by atoms with Gasteiger partial charge in [-0.3, -0.25) is 4.79 Å². The zero-order valence-electron chi connectivity index (χ0n) is 10.2. The minimum atomic E-state index is -0.289. The number of methoxy groups -OCH3 is 1. The first-order valence-electron chi connectivity index (χ1n) is 5.26. The number of carbonyl (C=O) groups excluding carboxylic acids is 1. The van der Waals surface area contributed by atoms with Crippen LogP contribution < -0.4 is 10.1 Å². The molecule has 4 nitrogen and oxygen atoms in total. The highest BCUT2D eigenvalue weighted by Crippen LogP contribution is 2.29. The molecule has 0 radical (unpaired) electrons. The van der Waals surface area contributed by atoms with Crippen molar-refractivity contribution in [3.63, 3.8) is 0 Å². The van der Waals surface area contributed by atoms with Crippen LogP contribution in [-0.2, 0) is 0 Å². The Kier molecular flexibility index (Phi) is 5.15. The van der Waals surface area contributed by atoms with Crippen LogP contribution in [0.25, 0.3) is 0 Å². The smallest absolute Gasteiger partial charge is 0.255 e. The predicted octanol–water partition coefficient (Wildman–Crippen LogP) is 1.88. The van der Waals surface area contributed by atoms with Gasteiger partial charge in [0.2, 0.25) is 0 Å². The quantitative estimate of drug-likeness (QED) is 0.843. The fourth-order valence-electron chi connectivity index (χ4n) is 1.46. The third-order valence-electron chi connectivity index (χ3n) is 2.26. The number of hydrogen-bond donors (Lipinski definition) is 2. The van der Waals surface area contributed by atoms with Gasteiger partial charge in [-0.15, -0.1) is 0 Å². The summed E-state index contributed by atoms with van der Waals surface area (Å²) in [5.74, 6) is 0.721. The average molecular weight is 255 g/mol. The molecule has 0 saturated heterocycles. The molecule has 1 aromatic rings. The number of ether oxygens (including phenoxy) is 1. The van der Waals surface area contributed by atoms with E-state index in [2.05, 4.69) is 5.32 Å². The number of hydrogen-bond acceptors (Lipinski definition) is 4. The lowest BCUT2D eigenvalue weighted by molar-refractivity contribution is 0.0940.